The average Bonchev–Trinajstić information content (AvgIpc) is 2.46. The number of hydrogen-bond donors (Lipinski definition) is 2. The Kier molecular flexibility index (Phi) is 4.74. The average molecular weight is 271 g/mol. The third kappa shape index (κ3) is 4.10. The molecule has 0 fully saturated rings. The number of anilines is 1. The van der Waals surface area contributed by atoms with Gasteiger partial charge in [0.2, 0.25) is 5.91 Å². The summed E-state index contributed by atoms with van der Waals surface area (Å²) in [5, 5.41) is 11.7. The lowest BCUT2D eigenvalue weighted by atomic mass is 10.1. The van der Waals surface area contributed by atoms with Gasteiger partial charge in [-0.1, -0.05) is 24.3 Å². The fourth-order valence-electron chi connectivity index (χ4n) is 1.75. The summed E-state index contributed by atoms with van der Waals surface area (Å²) in [5.74, 6) is 0.646. The number of rotatable bonds is 5. The number of carbonyl (C=O) groups is 1. The van der Waals surface area contributed by atoms with Gasteiger partial charge in [0.15, 0.2) is 0 Å². The third-order valence-electron chi connectivity index (χ3n) is 2.79. The number of carbonyl (C=O) groups excluding carboxylic acids is 1. The molecule has 104 valence electrons. The van der Waals surface area contributed by atoms with E-state index < -0.39 is 0 Å². The van der Waals surface area contributed by atoms with E-state index in [1.807, 2.05) is 36.4 Å². The predicted molar refractivity (Wildman–Crippen MR) is 77.4 cm³/mol. The van der Waals surface area contributed by atoms with Gasteiger partial charge in [-0.05, 0) is 35.4 Å². The number of benzene rings is 2. The van der Waals surface area contributed by atoms with Gasteiger partial charge < -0.3 is 15.2 Å². The first-order chi connectivity index (χ1) is 9.67. The number of hydrogen-bond acceptors (Lipinski definition) is 3. The molecule has 0 aliphatic rings. The summed E-state index contributed by atoms with van der Waals surface area (Å²) in [6.07, 6.45) is 0. The van der Waals surface area contributed by atoms with Crippen molar-refractivity contribution in [3.05, 3.63) is 59.7 Å². The van der Waals surface area contributed by atoms with Gasteiger partial charge in [0.25, 0.3) is 0 Å². The first kappa shape index (κ1) is 14.1. The lowest BCUT2D eigenvalue weighted by molar-refractivity contribution is -0.114. The zero-order chi connectivity index (χ0) is 14.4. The maximum atomic E-state index is 10.9. The lowest BCUT2D eigenvalue weighted by Crippen LogP contribution is -2.05. The van der Waals surface area contributed by atoms with Crippen LogP contribution in [0.4, 0.5) is 5.69 Å². The molecule has 0 atom stereocenters. The molecule has 0 aliphatic heterocycles. The maximum absolute atomic E-state index is 10.9. The molecular formula is C16H17NO3. The highest BCUT2D eigenvalue weighted by molar-refractivity contribution is 5.88. The molecule has 0 saturated carbocycles. The quantitative estimate of drug-likeness (QED) is 0.879. The van der Waals surface area contributed by atoms with Crippen LogP contribution in [0, 0.1) is 0 Å². The minimum atomic E-state index is -0.0948. The highest BCUT2D eigenvalue weighted by atomic mass is 16.5. The van der Waals surface area contributed by atoms with Crippen LogP contribution in [0.1, 0.15) is 18.1 Å². The van der Waals surface area contributed by atoms with Crippen LogP contribution in [0.15, 0.2) is 48.5 Å². The molecule has 4 nitrogen and oxygen atoms in total. The van der Waals surface area contributed by atoms with Gasteiger partial charge in [0.05, 0.1) is 6.61 Å². The van der Waals surface area contributed by atoms with Crippen LogP contribution in [-0.4, -0.2) is 11.0 Å². The van der Waals surface area contributed by atoms with E-state index in [0.29, 0.717) is 6.61 Å². The highest BCUT2D eigenvalue weighted by Crippen LogP contribution is 2.17. The summed E-state index contributed by atoms with van der Waals surface area (Å²) < 4.78 is 5.65. The molecule has 0 unspecified atom stereocenters. The van der Waals surface area contributed by atoms with Gasteiger partial charge in [0, 0.05) is 12.6 Å². The van der Waals surface area contributed by atoms with E-state index in [1.54, 1.807) is 12.1 Å². The number of nitrogens with one attached hydrogen (secondary N) is 1. The van der Waals surface area contributed by atoms with Gasteiger partial charge >= 0.3 is 0 Å². The molecule has 0 aliphatic carbocycles. The molecule has 20 heavy (non-hydrogen) atoms. The van der Waals surface area contributed by atoms with Crippen LogP contribution < -0.4 is 10.1 Å². The topological polar surface area (TPSA) is 58.6 Å². The van der Waals surface area contributed by atoms with Crippen molar-refractivity contribution < 1.29 is 14.6 Å². The van der Waals surface area contributed by atoms with E-state index in [2.05, 4.69) is 5.32 Å². The Bertz CT molecular complexity index is 561. The molecule has 0 spiro atoms. The van der Waals surface area contributed by atoms with Gasteiger partial charge in [-0.15, -0.1) is 0 Å². The third-order valence-corrected chi connectivity index (χ3v) is 2.79. The Balaban J connectivity index is 1.91. The predicted octanol–water partition coefficient (Wildman–Crippen LogP) is 2.72. The summed E-state index contributed by atoms with van der Waals surface area (Å²) in [6, 6.07) is 14.8. The molecule has 2 rings (SSSR count). The second-order valence-electron chi connectivity index (χ2n) is 4.47. The van der Waals surface area contributed by atoms with E-state index in [-0.39, 0.29) is 12.5 Å². The summed E-state index contributed by atoms with van der Waals surface area (Å²) in [7, 11) is 0. The number of aliphatic hydroxyl groups is 1. The standard InChI is InChI=1S/C16H17NO3/c1-12(19)17-15-6-8-16(9-7-15)20-11-14-4-2-13(10-18)3-5-14/h2-9,18H,10-11H2,1H3,(H,17,19). The van der Waals surface area contributed by atoms with Crippen molar-refractivity contribution >= 4 is 11.6 Å². The molecule has 4 heteroatoms. The van der Waals surface area contributed by atoms with Crippen LogP contribution in [0.5, 0.6) is 5.75 Å². The summed E-state index contributed by atoms with van der Waals surface area (Å²) >= 11 is 0. The zero-order valence-electron chi connectivity index (χ0n) is 11.3. The van der Waals surface area contributed by atoms with Crippen molar-refractivity contribution in [2.75, 3.05) is 5.32 Å². The van der Waals surface area contributed by atoms with E-state index in [1.165, 1.54) is 6.92 Å². The Labute approximate surface area is 118 Å². The molecular weight excluding hydrogens is 254 g/mol. The van der Waals surface area contributed by atoms with E-state index in [0.717, 1.165) is 22.6 Å². The van der Waals surface area contributed by atoms with Crippen molar-refractivity contribution in [3.63, 3.8) is 0 Å². The monoisotopic (exact) mass is 271 g/mol. The molecule has 0 aromatic heterocycles. The first-order valence-corrected chi connectivity index (χ1v) is 6.36. The Morgan fingerprint density at radius 2 is 1.65 bits per heavy atom. The number of amides is 1. The Morgan fingerprint density at radius 1 is 1.05 bits per heavy atom. The van der Waals surface area contributed by atoms with E-state index in [4.69, 9.17) is 9.84 Å². The smallest absolute Gasteiger partial charge is 0.221 e. The zero-order valence-corrected chi connectivity index (χ0v) is 11.3. The van der Waals surface area contributed by atoms with Crippen LogP contribution in [0.3, 0.4) is 0 Å². The largest absolute Gasteiger partial charge is 0.489 e. The van der Waals surface area contributed by atoms with Crippen LogP contribution in [0.25, 0.3) is 0 Å². The fraction of sp³-hybridized carbons (Fsp3) is 0.188. The first-order valence-electron chi connectivity index (χ1n) is 6.36. The van der Waals surface area contributed by atoms with Crippen molar-refractivity contribution in [3.8, 4) is 5.75 Å². The van der Waals surface area contributed by atoms with Crippen molar-refractivity contribution in [1.29, 1.82) is 0 Å². The molecule has 0 saturated heterocycles. The molecule has 1 amide bonds. The minimum Gasteiger partial charge on any atom is -0.489 e. The molecule has 0 bridgehead atoms. The second kappa shape index (κ2) is 6.73. The Morgan fingerprint density at radius 3 is 2.20 bits per heavy atom. The summed E-state index contributed by atoms with van der Waals surface area (Å²) in [6.45, 7) is 1.98. The Hall–Kier alpha value is -2.33. The minimum absolute atomic E-state index is 0.0474. The maximum Gasteiger partial charge on any atom is 0.221 e. The molecule has 2 aromatic rings. The molecule has 0 heterocycles. The fourth-order valence-corrected chi connectivity index (χ4v) is 1.75. The summed E-state index contributed by atoms with van der Waals surface area (Å²) in [4.78, 5) is 10.9. The van der Waals surface area contributed by atoms with E-state index >= 15 is 0 Å². The van der Waals surface area contributed by atoms with Crippen molar-refractivity contribution in [1.82, 2.24) is 0 Å². The van der Waals surface area contributed by atoms with Gasteiger partial charge in [-0.25, -0.2) is 0 Å². The van der Waals surface area contributed by atoms with E-state index in [9.17, 15) is 4.79 Å². The van der Waals surface area contributed by atoms with Gasteiger partial charge in [-0.3, -0.25) is 4.79 Å². The number of aliphatic hydroxyl groups excluding tert-OH is 1. The van der Waals surface area contributed by atoms with Gasteiger partial charge in [0.1, 0.15) is 12.4 Å². The highest BCUT2D eigenvalue weighted by Gasteiger charge is 1.99. The normalized spacial score (nSPS) is 10.1. The summed E-state index contributed by atoms with van der Waals surface area (Å²) in [5.41, 5.74) is 2.67. The lowest BCUT2D eigenvalue weighted by Gasteiger charge is -2.08. The SMILES string of the molecule is CC(=O)Nc1ccc(OCc2ccc(CO)cc2)cc1. The molecule has 2 aromatic carbocycles. The molecule has 2 N–H and O–H groups in total. The van der Waals surface area contributed by atoms with Crippen molar-refractivity contribution in [2.24, 2.45) is 0 Å². The number of ether oxygens (including phenoxy) is 1. The van der Waals surface area contributed by atoms with Crippen molar-refractivity contribution in [2.45, 2.75) is 20.1 Å². The second-order valence-corrected chi connectivity index (χ2v) is 4.47. The van der Waals surface area contributed by atoms with Crippen LogP contribution in [-0.2, 0) is 18.0 Å². The molecule has 0 radical (unpaired) electrons. The van der Waals surface area contributed by atoms with Crippen LogP contribution >= 0.6 is 0 Å². The van der Waals surface area contributed by atoms with Gasteiger partial charge in [-0.2, -0.15) is 0 Å². The van der Waals surface area contributed by atoms with Crippen LogP contribution in [0.2, 0.25) is 0 Å².